The Bertz CT molecular complexity index is 2680. The van der Waals surface area contributed by atoms with Crippen molar-refractivity contribution in [1.29, 1.82) is 0 Å². The lowest BCUT2D eigenvalue weighted by atomic mass is 9.61. The highest BCUT2D eigenvalue weighted by Gasteiger charge is 2.58. The molecule has 12 rings (SSSR count). The van der Waals surface area contributed by atoms with Gasteiger partial charge in [0.05, 0.1) is 16.2 Å². The zero-order valence-corrected chi connectivity index (χ0v) is 31.4. The second kappa shape index (κ2) is 12.0. The summed E-state index contributed by atoms with van der Waals surface area (Å²) in [4.78, 5) is 0. The second-order valence-corrected chi connectivity index (χ2v) is 15.8. The van der Waals surface area contributed by atoms with Crippen LogP contribution < -0.4 is 0 Å². The van der Waals surface area contributed by atoms with Crippen LogP contribution in [-0.2, 0) is 16.2 Å². The second-order valence-electron chi connectivity index (χ2n) is 15.8. The van der Waals surface area contributed by atoms with Crippen molar-refractivity contribution in [3.8, 4) is 22.3 Å². The first-order valence-corrected chi connectivity index (χ1v) is 20.1. The third kappa shape index (κ3) is 3.92. The summed E-state index contributed by atoms with van der Waals surface area (Å²) in [5, 5.41) is 0. The van der Waals surface area contributed by atoms with Gasteiger partial charge in [-0.15, -0.1) is 0 Å². The molecule has 0 aromatic heterocycles. The van der Waals surface area contributed by atoms with Crippen LogP contribution in [-0.4, -0.2) is 0 Å². The summed E-state index contributed by atoms with van der Waals surface area (Å²) in [6, 6.07) is 87.1. The Labute approximate surface area is 334 Å². The summed E-state index contributed by atoms with van der Waals surface area (Å²) in [7, 11) is 0. The average molecular weight is 723 g/mol. The molecule has 9 aromatic carbocycles. The van der Waals surface area contributed by atoms with Crippen molar-refractivity contribution in [2.75, 3.05) is 0 Å². The highest BCUT2D eigenvalue weighted by Crippen LogP contribution is 2.70. The van der Waals surface area contributed by atoms with Gasteiger partial charge in [0.25, 0.3) is 0 Å². The van der Waals surface area contributed by atoms with E-state index in [0.717, 1.165) is 0 Å². The quantitative estimate of drug-likeness (QED) is 0.160. The Balaban J connectivity index is 1.38. The molecule has 266 valence electrons. The largest absolute Gasteiger partial charge is 0.0713 e. The first kappa shape index (κ1) is 32.2. The molecule has 0 N–H and O–H groups in total. The molecule has 9 aromatic rings. The summed E-state index contributed by atoms with van der Waals surface area (Å²) < 4.78 is 0. The van der Waals surface area contributed by atoms with Crippen LogP contribution in [0.25, 0.3) is 22.3 Å². The van der Waals surface area contributed by atoms with Crippen molar-refractivity contribution < 1.29 is 0 Å². The Kier molecular flexibility index (Phi) is 6.78. The topological polar surface area (TPSA) is 0 Å². The van der Waals surface area contributed by atoms with Gasteiger partial charge in [0.15, 0.2) is 0 Å². The summed E-state index contributed by atoms with van der Waals surface area (Å²) in [5.41, 5.74) is 19.4. The van der Waals surface area contributed by atoms with E-state index in [9.17, 15) is 0 Å². The van der Waals surface area contributed by atoms with E-state index in [2.05, 4.69) is 231 Å². The number of rotatable bonds is 6. The lowest BCUT2D eigenvalue weighted by molar-refractivity contribution is 0.735. The molecule has 0 fully saturated rings. The smallest absolute Gasteiger partial charge is 0.0622 e. The van der Waals surface area contributed by atoms with Crippen molar-refractivity contribution in [1.82, 2.24) is 0 Å². The molecule has 0 heteroatoms. The van der Waals surface area contributed by atoms with Gasteiger partial charge in [-0.1, -0.05) is 231 Å². The number of hydrogen-bond acceptors (Lipinski definition) is 0. The maximum atomic E-state index is 2.50. The van der Waals surface area contributed by atoms with Crippen LogP contribution in [0.1, 0.15) is 66.8 Å². The summed E-state index contributed by atoms with van der Waals surface area (Å²) in [5.74, 6) is 0. The highest BCUT2D eigenvalue weighted by atomic mass is 14.6. The van der Waals surface area contributed by atoms with Crippen LogP contribution in [0, 0.1) is 0 Å². The van der Waals surface area contributed by atoms with E-state index in [1.165, 1.54) is 89.0 Å². The molecule has 0 unspecified atom stereocenters. The average Bonchev–Trinajstić information content (AvgIpc) is 3.74. The molecule has 57 heavy (non-hydrogen) atoms. The summed E-state index contributed by atoms with van der Waals surface area (Å²) in [6.07, 6.45) is 0. The summed E-state index contributed by atoms with van der Waals surface area (Å²) >= 11 is 0. The maximum Gasteiger partial charge on any atom is 0.0713 e. The third-order valence-electron chi connectivity index (χ3n) is 13.5. The van der Waals surface area contributed by atoms with Gasteiger partial charge in [-0.2, -0.15) is 0 Å². The molecule has 0 spiro atoms. The fraction of sp³-hybridized carbons (Fsp3) is 0.0526. The van der Waals surface area contributed by atoms with Gasteiger partial charge in [0.1, 0.15) is 0 Å². The van der Waals surface area contributed by atoms with E-state index < -0.39 is 16.2 Å². The fourth-order valence-corrected chi connectivity index (χ4v) is 11.6. The molecular formula is C57H38. The third-order valence-corrected chi connectivity index (χ3v) is 13.5. The molecule has 0 bridgehead atoms. The Morgan fingerprint density at radius 3 is 0.561 bits per heavy atom. The minimum Gasteiger partial charge on any atom is -0.0622 e. The zero-order chi connectivity index (χ0) is 37.6. The molecule has 0 heterocycles. The molecule has 0 atom stereocenters. The van der Waals surface area contributed by atoms with Crippen LogP contribution >= 0.6 is 0 Å². The van der Waals surface area contributed by atoms with Crippen molar-refractivity contribution in [2.24, 2.45) is 0 Å². The Hall–Kier alpha value is -7.02. The molecule has 0 nitrogen and oxygen atoms in total. The van der Waals surface area contributed by atoms with E-state index in [-0.39, 0.29) is 0 Å². The number of hydrogen-bond donors (Lipinski definition) is 0. The van der Waals surface area contributed by atoms with Gasteiger partial charge in [-0.3, -0.25) is 0 Å². The van der Waals surface area contributed by atoms with Crippen LogP contribution in [0.5, 0.6) is 0 Å². The molecule has 0 saturated heterocycles. The standard InChI is InChI=1S/C57H38/c1-7-21-39(22-8-1)55(40-23-9-2-10-24-40)45-33-19-35-47-51(45)53-49(56(47,41-25-11-3-12-26-41)42-27-13-4-14-28-42)37-38-50-54(53)52-46(55)34-20-36-48(52)57(50,43-29-15-5-16-30-43)44-31-17-6-18-32-44/h1-38H. The van der Waals surface area contributed by atoms with E-state index >= 15 is 0 Å². The molecular weight excluding hydrogens is 685 g/mol. The van der Waals surface area contributed by atoms with Crippen molar-refractivity contribution in [3.63, 3.8) is 0 Å². The van der Waals surface area contributed by atoms with E-state index in [1.54, 1.807) is 0 Å². The molecule has 0 radical (unpaired) electrons. The van der Waals surface area contributed by atoms with Crippen molar-refractivity contribution >= 4 is 0 Å². The van der Waals surface area contributed by atoms with Gasteiger partial charge in [-0.05, 0) is 89.0 Å². The fourth-order valence-electron chi connectivity index (χ4n) is 11.6. The minimum absolute atomic E-state index is 0.547. The Morgan fingerprint density at radius 2 is 0.351 bits per heavy atom. The van der Waals surface area contributed by atoms with Gasteiger partial charge in [0.2, 0.25) is 0 Å². The first-order valence-electron chi connectivity index (χ1n) is 20.1. The van der Waals surface area contributed by atoms with Crippen LogP contribution in [0.4, 0.5) is 0 Å². The molecule has 0 amide bonds. The summed E-state index contributed by atoms with van der Waals surface area (Å²) in [6.45, 7) is 0. The Morgan fingerprint density at radius 1 is 0.158 bits per heavy atom. The SMILES string of the molecule is c1ccc(C2(c3ccccc3)c3cccc4c3-c3c(ccc5c3-c3c2cccc3C5(c2ccccc2)c2ccccc2)C4(c2ccccc2)c2ccccc2)cc1. The van der Waals surface area contributed by atoms with E-state index in [0.29, 0.717) is 0 Å². The van der Waals surface area contributed by atoms with Gasteiger partial charge in [0, 0.05) is 0 Å². The maximum absolute atomic E-state index is 2.50. The molecule has 3 aliphatic rings. The van der Waals surface area contributed by atoms with Crippen molar-refractivity contribution in [2.45, 2.75) is 16.2 Å². The zero-order valence-electron chi connectivity index (χ0n) is 31.4. The van der Waals surface area contributed by atoms with Gasteiger partial charge >= 0.3 is 0 Å². The lowest BCUT2D eigenvalue weighted by Crippen LogP contribution is -2.33. The molecule has 0 saturated carbocycles. The van der Waals surface area contributed by atoms with E-state index in [1.807, 2.05) is 0 Å². The van der Waals surface area contributed by atoms with E-state index in [4.69, 9.17) is 0 Å². The van der Waals surface area contributed by atoms with Crippen LogP contribution in [0.15, 0.2) is 231 Å². The molecule has 0 aliphatic heterocycles. The van der Waals surface area contributed by atoms with Crippen LogP contribution in [0.2, 0.25) is 0 Å². The predicted octanol–water partition coefficient (Wildman–Crippen LogP) is 13.1. The monoisotopic (exact) mass is 722 g/mol. The highest BCUT2D eigenvalue weighted by molar-refractivity contribution is 6.06. The lowest BCUT2D eigenvalue weighted by Gasteiger charge is -2.40. The minimum atomic E-state index is -0.639. The normalized spacial score (nSPS) is 15.4. The molecule has 3 aliphatic carbocycles. The van der Waals surface area contributed by atoms with Gasteiger partial charge < -0.3 is 0 Å². The first-order chi connectivity index (χ1) is 28.3. The van der Waals surface area contributed by atoms with Gasteiger partial charge in [-0.25, -0.2) is 0 Å². The predicted molar refractivity (Wildman–Crippen MR) is 233 cm³/mol. The van der Waals surface area contributed by atoms with Crippen LogP contribution in [0.3, 0.4) is 0 Å². The number of benzene rings is 9. The van der Waals surface area contributed by atoms with Crippen molar-refractivity contribution in [3.05, 3.63) is 297 Å².